The summed E-state index contributed by atoms with van der Waals surface area (Å²) >= 11 is 0. The van der Waals surface area contributed by atoms with Gasteiger partial charge >= 0.3 is 0 Å². The Morgan fingerprint density at radius 3 is 0.968 bits per heavy atom. The van der Waals surface area contributed by atoms with Gasteiger partial charge in [0.25, 0.3) is 6.71 Å². The maximum atomic E-state index is 10.4. The molecule has 22 rings (SSSR count). The van der Waals surface area contributed by atoms with E-state index in [2.05, 4.69) is 286 Å². The molecule has 0 atom stereocenters. The lowest BCUT2D eigenvalue weighted by molar-refractivity contribution is 0.590. The highest BCUT2D eigenvalue weighted by Crippen LogP contribution is 2.57. The number of rotatable bonds is 12. The van der Waals surface area contributed by atoms with Gasteiger partial charge in [-0.2, -0.15) is 0 Å². The molecule has 0 spiro atoms. The van der Waals surface area contributed by atoms with Crippen molar-refractivity contribution in [2.45, 2.75) is 105 Å². The summed E-state index contributed by atoms with van der Waals surface area (Å²) in [6.07, 6.45) is 0. The third kappa shape index (κ3) is 12.7. The first kappa shape index (κ1) is 60.2. The minimum absolute atomic E-state index is 0.0545. The third-order valence-corrected chi connectivity index (χ3v) is 25.4. The van der Waals surface area contributed by atoms with Gasteiger partial charge in [-0.25, -0.2) is 0 Å². The van der Waals surface area contributed by atoms with Gasteiger partial charge < -0.3 is 28.4 Å². The number of para-hydroxylation sites is 5. The number of hydrogen-bond acceptors (Lipinski definition) is 3. The standard InChI is InChI=1S/C118H99BN6/c1-115(2,3)80-55-62-105-97(65-80)98-66-81(116(4,5)6)56-63-106(98)123(105)89-74-110-112-111(75-89)125(114-95(78-41-23-15-24-42-78)69-83(118(10,11)12)70-96(114)79-43-25-16-26-44-79)109-73-88(122-104-54-36-33-51-92(104)99-71-86(59-64-107(99)122)120(84-45-27-17-28-46-84)85-47-29-18-30-48-85)58-61-101(109)119(112)100-60-57-87(121-102-52-34-31-49-90(102)91-50-32-35-53-103(91)121)72-108(100)124(110)113-93(76-37-19-13-20-38-76)67-82(117(7,8)9)68-94(113)77-39-21-14-22-40-77/h13-75H,1-12H3/i17D,27D,28D,31D,32D,33D,34D,35D,36D,45D,46D,49D,50D,51D,52D,53D,54D. The van der Waals surface area contributed by atoms with Crippen LogP contribution in [0.4, 0.5) is 51.2 Å². The lowest BCUT2D eigenvalue weighted by Gasteiger charge is -2.46. The van der Waals surface area contributed by atoms with Crippen LogP contribution in [0.5, 0.6) is 0 Å². The summed E-state index contributed by atoms with van der Waals surface area (Å²) in [5.41, 5.74) is 21.0. The van der Waals surface area contributed by atoms with Crippen molar-refractivity contribution < 1.29 is 23.3 Å². The first-order chi connectivity index (χ1) is 67.6. The van der Waals surface area contributed by atoms with Crippen molar-refractivity contribution in [1.82, 2.24) is 13.7 Å². The molecule has 0 unspecified atom stereocenters. The molecule has 6 nitrogen and oxygen atoms in total. The summed E-state index contributed by atoms with van der Waals surface area (Å²) in [7, 11) is 0. The predicted molar refractivity (Wildman–Crippen MR) is 535 cm³/mol. The molecular formula is C118H99BN6. The number of fused-ring (bicyclic) bond motifs is 13. The third-order valence-electron chi connectivity index (χ3n) is 25.4. The molecule has 2 aliphatic rings. The zero-order valence-electron chi connectivity index (χ0n) is 88.8. The van der Waals surface area contributed by atoms with E-state index in [4.69, 9.17) is 4.11 Å². The minimum atomic E-state index is -0.818. The molecule has 5 heterocycles. The van der Waals surface area contributed by atoms with Gasteiger partial charge in [-0.05, 0) is 228 Å². The molecule has 125 heavy (non-hydrogen) atoms. The molecule has 17 aromatic carbocycles. The number of nitrogens with zero attached hydrogens (tertiary/aromatic N) is 6. The number of benzene rings is 17. The lowest BCUT2D eigenvalue weighted by Crippen LogP contribution is -2.61. The van der Waals surface area contributed by atoms with E-state index < -0.39 is 108 Å². The van der Waals surface area contributed by atoms with Crippen molar-refractivity contribution in [2.24, 2.45) is 0 Å². The second-order valence-corrected chi connectivity index (χ2v) is 37.3. The number of anilines is 9. The van der Waals surface area contributed by atoms with E-state index in [0.29, 0.717) is 45.0 Å². The zero-order valence-corrected chi connectivity index (χ0v) is 71.8. The molecular weight excluding hydrogens is 1510 g/mol. The van der Waals surface area contributed by atoms with Crippen molar-refractivity contribution in [1.29, 1.82) is 0 Å². The summed E-state index contributed by atoms with van der Waals surface area (Å²) in [6, 6.07) is 87.6. The Balaban J connectivity index is 0.965. The average Bonchev–Trinajstić information content (AvgIpc) is 1.17. The van der Waals surface area contributed by atoms with Crippen LogP contribution in [-0.4, -0.2) is 20.4 Å². The molecule has 0 fully saturated rings. The molecule has 3 aromatic heterocycles. The molecule has 0 saturated carbocycles. The van der Waals surface area contributed by atoms with Crippen molar-refractivity contribution >= 4 is 140 Å². The van der Waals surface area contributed by atoms with E-state index in [-0.39, 0.29) is 61.3 Å². The van der Waals surface area contributed by atoms with E-state index in [1.54, 1.807) is 45.9 Å². The van der Waals surface area contributed by atoms with E-state index in [9.17, 15) is 19.2 Å². The van der Waals surface area contributed by atoms with Crippen LogP contribution < -0.4 is 31.1 Å². The van der Waals surface area contributed by atoms with Crippen LogP contribution in [0.3, 0.4) is 0 Å². The molecule has 604 valence electrons. The van der Waals surface area contributed by atoms with Crippen molar-refractivity contribution in [2.75, 3.05) is 14.7 Å². The molecule has 7 heteroatoms. The van der Waals surface area contributed by atoms with Crippen LogP contribution in [0.15, 0.2) is 382 Å². The molecule has 0 aliphatic carbocycles. The molecule has 0 amide bonds. The van der Waals surface area contributed by atoms with Gasteiger partial charge in [-0.3, -0.25) is 0 Å². The van der Waals surface area contributed by atoms with Crippen LogP contribution in [-0.2, 0) is 21.7 Å². The minimum Gasteiger partial charge on any atom is -0.310 e. The van der Waals surface area contributed by atoms with Gasteiger partial charge in [0.05, 0.1) is 73.5 Å². The second kappa shape index (κ2) is 29.1. The number of aromatic nitrogens is 3. The Morgan fingerprint density at radius 2 is 0.576 bits per heavy atom. The maximum absolute atomic E-state index is 10.4. The van der Waals surface area contributed by atoms with E-state index >= 15 is 0 Å². The quantitative estimate of drug-likeness (QED) is 0.114. The first-order valence-electron chi connectivity index (χ1n) is 51.3. The van der Waals surface area contributed by atoms with Gasteiger partial charge in [0.15, 0.2) is 0 Å². The van der Waals surface area contributed by atoms with Crippen LogP contribution in [0.25, 0.3) is 127 Å². The monoisotopic (exact) mass is 1630 g/mol. The number of hydrogen-bond donors (Lipinski definition) is 0. The molecule has 0 bridgehead atoms. The Kier molecular flexibility index (Phi) is 14.0. The normalized spacial score (nSPS) is 14.8. The fourth-order valence-electron chi connectivity index (χ4n) is 19.2. The molecule has 0 radical (unpaired) electrons. The smallest absolute Gasteiger partial charge is 0.252 e. The Morgan fingerprint density at radius 1 is 0.248 bits per heavy atom. The Hall–Kier alpha value is -14.4. The van der Waals surface area contributed by atoms with E-state index in [1.807, 2.05) is 59.2 Å². The molecule has 0 N–H and O–H groups in total. The highest BCUT2D eigenvalue weighted by atomic mass is 15.2. The highest BCUT2D eigenvalue weighted by Gasteiger charge is 2.47. The lowest BCUT2D eigenvalue weighted by atomic mass is 9.33. The zero-order chi connectivity index (χ0) is 99.9. The van der Waals surface area contributed by atoms with Crippen LogP contribution in [0, 0.1) is 0 Å². The van der Waals surface area contributed by atoms with Gasteiger partial charge in [-0.1, -0.05) is 319 Å². The maximum Gasteiger partial charge on any atom is 0.252 e. The Labute approximate surface area is 757 Å². The van der Waals surface area contributed by atoms with Gasteiger partial charge in [-0.15, -0.1) is 0 Å². The fourth-order valence-corrected chi connectivity index (χ4v) is 19.2. The molecule has 0 saturated heterocycles. The van der Waals surface area contributed by atoms with Gasteiger partial charge in [0.2, 0.25) is 0 Å². The summed E-state index contributed by atoms with van der Waals surface area (Å²) in [5, 5.41) is 2.42. The first-order valence-corrected chi connectivity index (χ1v) is 42.8. The average molecular weight is 1630 g/mol. The molecule has 20 aromatic rings. The summed E-state index contributed by atoms with van der Waals surface area (Å²) in [4.78, 5) is 6.43. The van der Waals surface area contributed by atoms with E-state index in [1.165, 1.54) is 0 Å². The Bertz CT molecular complexity index is 8500. The predicted octanol–water partition coefficient (Wildman–Crippen LogP) is 30.4. The second-order valence-electron chi connectivity index (χ2n) is 37.3. The largest absolute Gasteiger partial charge is 0.310 e. The van der Waals surface area contributed by atoms with Crippen molar-refractivity contribution in [3.05, 3.63) is 404 Å². The van der Waals surface area contributed by atoms with Crippen LogP contribution >= 0.6 is 0 Å². The summed E-state index contributed by atoms with van der Waals surface area (Å²) < 4.78 is 169. The summed E-state index contributed by atoms with van der Waals surface area (Å²) in [5.74, 6) is 0. The van der Waals surface area contributed by atoms with Crippen molar-refractivity contribution in [3.8, 4) is 61.6 Å². The van der Waals surface area contributed by atoms with Gasteiger partial charge in [0.1, 0.15) is 0 Å². The fraction of sp³-hybridized carbons (Fsp3) is 0.136. The SMILES string of the molecule is [2H]c1c([2H])c([2H])c(N(c2ccccc2)c2ccc3c(c2)c2c([2H])c([2H])c([2H])c([2H])c2n3-c2ccc3c(c2)N(c2c(-c4ccccc4)cc(C(C)(C)C)cc2-c2ccccc2)c2cc(-n4c5ccc(C(C)(C)C)cc5c5cc(C(C)(C)C)ccc54)cc4c2B3c2ccc(-n3c5c([2H])c([2H])c([2H])c([2H])c5c5c([2H])c([2H])c([2H])c([2H])c53)cc2N4c2c(-c3ccccc3)cc(C(C)(C)C)cc2-c2ccccc2)c([2H])c1[2H]. The summed E-state index contributed by atoms with van der Waals surface area (Å²) in [6.45, 7) is 26.0. The molecule has 2 aliphatic heterocycles. The van der Waals surface area contributed by atoms with Crippen LogP contribution in [0.2, 0.25) is 0 Å². The van der Waals surface area contributed by atoms with Crippen molar-refractivity contribution in [3.63, 3.8) is 0 Å². The highest BCUT2D eigenvalue weighted by molar-refractivity contribution is 7.00. The van der Waals surface area contributed by atoms with Gasteiger partial charge in [0, 0.05) is 106 Å². The topological polar surface area (TPSA) is 24.5 Å². The van der Waals surface area contributed by atoms with E-state index in [0.717, 1.165) is 133 Å². The van der Waals surface area contributed by atoms with Crippen LogP contribution in [0.1, 0.15) is 129 Å².